The molecular weight excluding hydrogens is 802 g/mol. The van der Waals surface area contributed by atoms with Crippen molar-refractivity contribution in [2.45, 2.75) is 144 Å². The Balaban J connectivity index is 0.000000633. The molecule has 0 radical (unpaired) electrons. The van der Waals surface area contributed by atoms with Gasteiger partial charge in [-0.1, -0.05) is 77.8 Å². The van der Waals surface area contributed by atoms with E-state index in [4.69, 9.17) is 17.3 Å². The summed E-state index contributed by atoms with van der Waals surface area (Å²) in [5, 5.41) is 27.2. The summed E-state index contributed by atoms with van der Waals surface area (Å²) in [4.78, 5) is 62.9. The molecule has 62 heavy (non-hydrogen) atoms. The van der Waals surface area contributed by atoms with Crippen molar-refractivity contribution < 1.29 is 34.2 Å². The summed E-state index contributed by atoms with van der Waals surface area (Å²) in [6, 6.07) is 6.72. The highest BCUT2D eigenvalue weighted by atomic mass is 35.5. The van der Waals surface area contributed by atoms with Gasteiger partial charge in [0.15, 0.2) is 5.78 Å². The molecule has 344 valence electrons. The van der Waals surface area contributed by atoms with Gasteiger partial charge in [0.1, 0.15) is 17.8 Å². The van der Waals surface area contributed by atoms with Crippen LogP contribution in [0.5, 0.6) is 0 Å². The number of hydrogen-bond donors (Lipinski definition) is 5. The lowest BCUT2D eigenvalue weighted by Crippen LogP contribution is -2.62. The molecule has 1 aromatic carbocycles. The SMILES string of the molecule is CNC(O)(CCCN)CNC(=O)CC12CCC3C(CCC4C3(C)CCC3C(C)(C)C(CC(=O)C5CC(C(=O)O)C5C)CCC34C)C1=C(C(C)C)C(=O)C2.O=Cc1ccc(Cl)cc1. The molecule has 12 atom stereocenters. The normalized spacial score (nSPS) is 36.7. The van der Waals surface area contributed by atoms with Gasteiger partial charge in [-0.15, -0.1) is 0 Å². The van der Waals surface area contributed by atoms with Gasteiger partial charge < -0.3 is 21.3 Å². The van der Waals surface area contributed by atoms with E-state index in [-0.39, 0.29) is 70.4 Å². The van der Waals surface area contributed by atoms with Gasteiger partial charge in [0.05, 0.1) is 12.5 Å². The number of Topliss-reactive ketones (excluding diaryl/α,β-unsaturated/α-hetero) is 2. The van der Waals surface area contributed by atoms with E-state index < -0.39 is 17.1 Å². The van der Waals surface area contributed by atoms with Crippen LogP contribution >= 0.6 is 11.6 Å². The maximum absolute atomic E-state index is 13.9. The molecule has 7 rings (SSSR count). The van der Waals surface area contributed by atoms with E-state index in [2.05, 4.69) is 52.2 Å². The Morgan fingerprint density at radius 1 is 0.968 bits per heavy atom. The number of likely N-dealkylation sites (N-methyl/N-ethyl adjacent to an activating group) is 1. The number of nitrogens with two attached hydrogens (primary N) is 1. The van der Waals surface area contributed by atoms with Crippen LogP contribution in [0.25, 0.3) is 0 Å². The van der Waals surface area contributed by atoms with Crippen LogP contribution < -0.4 is 16.4 Å². The lowest BCUT2D eigenvalue weighted by atomic mass is 9.35. The highest BCUT2D eigenvalue weighted by Crippen LogP contribution is 2.74. The molecule has 0 aliphatic heterocycles. The predicted octanol–water partition coefficient (Wildman–Crippen LogP) is 8.81. The smallest absolute Gasteiger partial charge is 0.306 e. The average Bonchev–Trinajstić information content (AvgIpc) is 3.51. The van der Waals surface area contributed by atoms with Crippen molar-refractivity contribution in [2.75, 3.05) is 20.1 Å². The number of aliphatic carboxylic acids is 1. The highest BCUT2D eigenvalue weighted by molar-refractivity contribution is 6.30. The first-order valence-corrected chi connectivity index (χ1v) is 24.1. The zero-order valence-electron chi connectivity index (χ0n) is 38.8. The number of aliphatic hydroxyl groups is 1. The lowest BCUT2D eigenvalue weighted by Gasteiger charge is -2.69. The van der Waals surface area contributed by atoms with Gasteiger partial charge in [0.25, 0.3) is 0 Å². The molecule has 6 aliphatic carbocycles. The summed E-state index contributed by atoms with van der Waals surface area (Å²) < 4.78 is 0. The van der Waals surface area contributed by atoms with E-state index >= 15 is 0 Å². The van der Waals surface area contributed by atoms with E-state index in [1.807, 2.05) is 6.92 Å². The van der Waals surface area contributed by atoms with Crippen molar-refractivity contribution in [1.82, 2.24) is 10.6 Å². The number of nitrogens with one attached hydrogen (secondary N) is 2. The van der Waals surface area contributed by atoms with Crippen molar-refractivity contribution in [1.29, 1.82) is 0 Å². The van der Waals surface area contributed by atoms with Crippen LogP contribution in [0.3, 0.4) is 0 Å². The second-order valence-corrected chi connectivity index (χ2v) is 22.5. The number of hydrogen-bond acceptors (Lipinski definition) is 8. The van der Waals surface area contributed by atoms with Gasteiger partial charge in [-0.05, 0) is 160 Å². The summed E-state index contributed by atoms with van der Waals surface area (Å²) in [5.74, 6) is 1.37. The first kappa shape index (κ1) is 48.5. The predicted molar refractivity (Wildman–Crippen MR) is 243 cm³/mol. The van der Waals surface area contributed by atoms with E-state index in [0.717, 1.165) is 63.2 Å². The topological polar surface area (TPSA) is 176 Å². The van der Waals surface area contributed by atoms with Crippen LogP contribution in [0.2, 0.25) is 5.02 Å². The Morgan fingerprint density at radius 3 is 2.24 bits per heavy atom. The van der Waals surface area contributed by atoms with E-state index in [9.17, 15) is 34.2 Å². The summed E-state index contributed by atoms with van der Waals surface area (Å²) in [7, 11) is 1.70. The zero-order chi connectivity index (χ0) is 45.6. The molecule has 6 aliphatic rings. The first-order valence-electron chi connectivity index (χ1n) is 23.7. The molecule has 10 nitrogen and oxygen atoms in total. The zero-order valence-corrected chi connectivity index (χ0v) is 39.5. The van der Waals surface area contributed by atoms with E-state index in [0.29, 0.717) is 78.8 Å². The Bertz CT molecular complexity index is 1900. The average molecular weight is 879 g/mol. The fraction of sp³-hybridized carbons (Fsp3) is 0.745. The molecule has 0 saturated heterocycles. The van der Waals surface area contributed by atoms with Crippen molar-refractivity contribution in [3.63, 3.8) is 0 Å². The number of aldehydes is 1. The Kier molecular flexibility index (Phi) is 14.5. The minimum Gasteiger partial charge on any atom is -0.481 e. The number of fused-ring (bicyclic) bond motifs is 7. The highest BCUT2D eigenvalue weighted by Gasteiger charge is 2.66. The van der Waals surface area contributed by atoms with Crippen molar-refractivity contribution in [3.8, 4) is 0 Å². The number of rotatable bonds is 14. The van der Waals surface area contributed by atoms with Gasteiger partial charge in [0.2, 0.25) is 5.91 Å². The number of carbonyl (C=O) groups is 5. The number of amides is 1. The fourth-order valence-corrected chi connectivity index (χ4v) is 15.0. The lowest BCUT2D eigenvalue weighted by molar-refractivity contribution is -0.193. The molecular formula is C51H76ClN3O7. The third-order valence-electron chi connectivity index (χ3n) is 18.3. The van der Waals surface area contributed by atoms with Gasteiger partial charge >= 0.3 is 5.97 Å². The van der Waals surface area contributed by atoms with E-state index in [1.54, 1.807) is 31.3 Å². The minimum atomic E-state index is -1.22. The summed E-state index contributed by atoms with van der Waals surface area (Å²) in [5.41, 5.74) is 7.31. The molecule has 5 saturated carbocycles. The van der Waals surface area contributed by atoms with E-state index in [1.165, 1.54) is 5.57 Å². The van der Waals surface area contributed by atoms with Crippen LogP contribution in [0.4, 0.5) is 0 Å². The Labute approximate surface area is 375 Å². The number of halogens is 1. The van der Waals surface area contributed by atoms with Crippen LogP contribution in [-0.4, -0.2) is 65.8 Å². The third kappa shape index (κ3) is 8.89. The molecule has 5 fully saturated rings. The van der Waals surface area contributed by atoms with Gasteiger partial charge in [-0.2, -0.15) is 0 Å². The number of benzene rings is 1. The molecule has 0 bridgehead atoms. The molecule has 11 heteroatoms. The second-order valence-electron chi connectivity index (χ2n) is 22.0. The number of carbonyl (C=O) groups excluding carboxylic acids is 4. The number of ketones is 2. The van der Waals surface area contributed by atoms with Crippen molar-refractivity contribution >= 4 is 41.3 Å². The Hall–Kier alpha value is -2.92. The van der Waals surface area contributed by atoms with Crippen LogP contribution in [0.1, 0.15) is 149 Å². The third-order valence-corrected chi connectivity index (χ3v) is 18.5. The van der Waals surface area contributed by atoms with Gasteiger partial charge in [-0.25, -0.2) is 0 Å². The molecule has 12 unspecified atom stereocenters. The molecule has 1 aromatic rings. The summed E-state index contributed by atoms with van der Waals surface area (Å²) in [6.07, 6.45) is 12.2. The van der Waals surface area contributed by atoms with Crippen LogP contribution in [-0.2, 0) is 19.2 Å². The number of carboxylic acid groups (broad SMARTS) is 1. The largest absolute Gasteiger partial charge is 0.481 e. The summed E-state index contributed by atoms with van der Waals surface area (Å²) >= 11 is 5.55. The maximum Gasteiger partial charge on any atom is 0.306 e. The van der Waals surface area contributed by atoms with Crippen molar-refractivity contribution in [3.05, 3.63) is 46.0 Å². The van der Waals surface area contributed by atoms with Crippen LogP contribution in [0.15, 0.2) is 35.4 Å². The van der Waals surface area contributed by atoms with Crippen molar-refractivity contribution in [2.24, 2.45) is 80.7 Å². The van der Waals surface area contributed by atoms with Gasteiger partial charge in [-0.3, -0.25) is 29.3 Å². The fourth-order valence-electron chi connectivity index (χ4n) is 14.9. The number of allylic oxidation sites excluding steroid dienone is 2. The molecule has 6 N–H and O–H groups in total. The first-order chi connectivity index (χ1) is 29.1. The quantitative estimate of drug-likeness (QED) is 0.0904. The number of carboxylic acids is 1. The molecule has 1 amide bonds. The molecule has 0 aromatic heterocycles. The minimum absolute atomic E-state index is 0.0179. The molecule has 0 spiro atoms. The second kappa shape index (κ2) is 18.5. The monoisotopic (exact) mass is 878 g/mol. The summed E-state index contributed by atoms with van der Waals surface area (Å²) in [6.45, 7) is 16.8. The van der Waals surface area contributed by atoms with Gasteiger partial charge in [0, 0.05) is 41.2 Å². The maximum atomic E-state index is 13.9. The Morgan fingerprint density at radius 2 is 1.65 bits per heavy atom. The molecule has 0 heterocycles. The standard InChI is InChI=1S/C44H71N3O6.C7H5ClO/c1-25(2)37-33(49)22-43(23-36(50)47-24-44(53,46-8)15-9-19-45)18-13-31-28(38(37)43)10-11-35-41(31,6)17-14-34-40(4,5)27(12-16-42(34,35)7)20-32(48)29-21-30(26(29)3)39(51)52;8-7-3-1-6(5-9)2-4-7/h25-31,34-35,46,53H,9-24,45H2,1-8H3,(H,47,50)(H,51,52);1-5H. The van der Waals surface area contributed by atoms with Crippen LogP contribution in [0, 0.1) is 74.9 Å².